The van der Waals surface area contributed by atoms with E-state index < -0.39 is 6.03 Å². The first-order valence-electron chi connectivity index (χ1n) is 3.20. The van der Waals surface area contributed by atoms with Crippen LogP contribution in [0.1, 0.15) is 19.3 Å². The summed E-state index contributed by atoms with van der Waals surface area (Å²) in [5.74, 6) is 0. The quantitative estimate of drug-likeness (QED) is 0.439. The lowest BCUT2D eigenvalue weighted by Gasteiger charge is -1.88. The van der Waals surface area contributed by atoms with Gasteiger partial charge in [0, 0.05) is 12.8 Å². The molecule has 0 bridgehead atoms. The fourth-order valence-electron chi connectivity index (χ4n) is 0.502. The van der Waals surface area contributed by atoms with E-state index in [1.807, 2.05) is 0 Å². The Morgan fingerprint density at radius 2 is 2.30 bits per heavy atom. The van der Waals surface area contributed by atoms with Gasteiger partial charge in [0.1, 0.15) is 0 Å². The van der Waals surface area contributed by atoms with E-state index in [0.717, 1.165) is 12.8 Å². The van der Waals surface area contributed by atoms with E-state index in [0.29, 0.717) is 6.42 Å². The van der Waals surface area contributed by atoms with Crippen LogP contribution in [0.5, 0.6) is 0 Å². The van der Waals surface area contributed by atoms with Gasteiger partial charge in [-0.05, 0) is 19.3 Å². The first-order valence-corrected chi connectivity index (χ1v) is 3.20. The van der Waals surface area contributed by atoms with Gasteiger partial charge < -0.3 is 10.8 Å². The number of hydrogen-bond donors (Lipinski definition) is 2. The third-order valence-corrected chi connectivity index (χ3v) is 0.960. The molecule has 4 heteroatoms. The second kappa shape index (κ2) is 6.22. The van der Waals surface area contributed by atoms with Crippen LogP contribution >= 0.6 is 0 Å². The SMILES string of the molecule is NC(=O)N=CCCCCO. The summed E-state index contributed by atoms with van der Waals surface area (Å²) in [5, 5.41) is 8.34. The zero-order valence-electron chi connectivity index (χ0n) is 5.79. The maximum atomic E-state index is 10.0. The number of rotatable bonds is 4. The lowest BCUT2D eigenvalue weighted by atomic mass is 10.2. The third-order valence-electron chi connectivity index (χ3n) is 0.960. The highest BCUT2D eigenvalue weighted by Gasteiger charge is 1.84. The molecule has 0 spiro atoms. The van der Waals surface area contributed by atoms with Crippen LogP contribution in [0.25, 0.3) is 0 Å². The number of aliphatic hydroxyl groups is 1. The fourth-order valence-corrected chi connectivity index (χ4v) is 0.502. The first-order chi connectivity index (χ1) is 4.77. The predicted octanol–water partition coefficient (Wildman–Crippen LogP) is 0.299. The van der Waals surface area contributed by atoms with Crippen molar-refractivity contribution in [3.8, 4) is 0 Å². The summed E-state index contributed by atoms with van der Waals surface area (Å²) in [4.78, 5) is 13.3. The number of nitrogens with zero attached hydrogens (tertiary/aromatic N) is 1. The molecule has 0 aromatic rings. The van der Waals surface area contributed by atoms with Crippen LogP contribution in [0, 0.1) is 0 Å². The van der Waals surface area contributed by atoms with E-state index in [4.69, 9.17) is 10.8 Å². The molecule has 0 aromatic carbocycles. The van der Waals surface area contributed by atoms with Crippen molar-refractivity contribution in [2.75, 3.05) is 6.61 Å². The van der Waals surface area contributed by atoms with Crippen molar-refractivity contribution < 1.29 is 9.90 Å². The second-order valence-electron chi connectivity index (χ2n) is 1.87. The summed E-state index contributed by atoms with van der Waals surface area (Å²) in [7, 11) is 0. The molecule has 4 nitrogen and oxygen atoms in total. The van der Waals surface area contributed by atoms with Gasteiger partial charge in [0.25, 0.3) is 0 Å². The van der Waals surface area contributed by atoms with E-state index in [1.54, 1.807) is 0 Å². The van der Waals surface area contributed by atoms with Crippen molar-refractivity contribution >= 4 is 12.2 Å². The minimum atomic E-state index is -0.663. The molecular formula is C6H12N2O2. The van der Waals surface area contributed by atoms with Gasteiger partial charge in [-0.1, -0.05) is 0 Å². The highest BCUT2D eigenvalue weighted by Crippen LogP contribution is 1.90. The predicted molar refractivity (Wildman–Crippen MR) is 39.0 cm³/mol. The molecule has 0 saturated carbocycles. The molecular weight excluding hydrogens is 132 g/mol. The van der Waals surface area contributed by atoms with Crippen LogP contribution in [-0.4, -0.2) is 24.0 Å². The van der Waals surface area contributed by atoms with E-state index >= 15 is 0 Å². The monoisotopic (exact) mass is 144 g/mol. The van der Waals surface area contributed by atoms with Crippen molar-refractivity contribution in [1.29, 1.82) is 0 Å². The number of carbonyl (C=O) groups excluding carboxylic acids is 1. The summed E-state index contributed by atoms with van der Waals surface area (Å²) in [6.45, 7) is 0.185. The molecule has 10 heavy (non-hydrogen) atoms. The molecule has 0 fully saturated rings. The summed E-state index contributed by atoms with van der Waals surface area (Å²) < 4.78 is 0. The average molecular weight is 144 g/mol. The molecule has 0 unspecified atom stereocenters. The number of primary amides is 1. The normalized spacial score (nSPS) is 10.5. The highest BCUT2D eigenvalue weighted by atomic mass is 16.2. The number of amides is 2. The average Bonchev–Trinajstić information content (AvgIpc) is 1.87. The number of urea groups is 1. The Bertz CT molecular complexity index is 123. The molecule has 0 aromatic heterocycles. The second-order valence-corrected chi connectivity index (χ2v) is 1.87. The van der Waals surface area contributed by atoms with Gasteiger partial charge in [-0.2, -0.15) is 0 Å². The van der Waals surface area contributed by atoms with E-state index in [-0.39, 0.29) is 6.61 Å². The van der Waals surface area contributed by atoms with Gasteiger partial charge in [-0.25, -0.2) is 9.79 Å². The Morgan fingerprint density at radius 3 is 2.80 bits per heavy atom. The minimum absolute atomic E-state index is 0.185. The lowest BCUT2D eigenvalue weighted by molar-refractivity contribution is 0.257. The van der Waals surface area contributed by atoms with Gasteiger partial charge in [0.15, 0.2) is 0 Å². The van der Waals surface area contributed by atoms with Gasteiger partial charge in [0.05, 0.1) is 0 Å². The number of nitrogens with two attached hydrogens (primary N) is 1. The summed E-state index contributed by atoms with van der Waals surface area (Å²) in [6, 6.07) is -0.663. The number of aliphatic hydroxyl groups excluding tert-OH is 1. The van der Waals surface area contributed by atoms with E-state index in [1.165, 1.54) is 6.21 Å². The van der Waals surface area contributed by atoms with Gasteiger partial charge in [0.2, 0.25) is 0 Å². The Balaban J connectivity index is 3.10. The molecule has 0 atom stereocenters. The largest absolute Gasteiger partial charge is 0.396 e. The summed E-state index contributed by atoms with van der Waals surface area (Å²) in [5.41, 5.74) is 4.72. The highest BCUT2D eigenvalue weighted by molar-refractivity contribution is 5.81. The number of carbonyl (C=O) groups is 1. The van der Waals surface area contributed by atoms with Crippen molar-refractivity contribution in [2.24, 2.45) is 10.7 Å². The molecule has 3 N–H and O–H groups in total. The topological polar surface area (TPSA) is 75.7 Å². The Labute approximate surface area is 59.8 Å². The Morgan fingerprint density at radius 1 is 1.60 bits per heavy atom. The molecule has 0 saturated heterocycles. The Hall–Kier alpha value is -0.900. The van der Waals surface area contributed by atoms with Crippen LogP contribution in [-0.2, 0) is 0 Å². The van der Waals surface area contributed by atoms with Gasteiger partial charge >= 0.3 is 6.03 Å². The smallest absolute Gasteiger partial charge is 0.337 e. The van der Waals surface area contributed by atoms with Crippen molar-refractivity contribution in [3.05, 3.63) is 0 Å². The van der Waals surface area contributed by atoms with E-state index in [2.05, 4.69) is 4.99 Å². The maximum absolute atomic E-state index is 10.0. The molecule has 0 aliphatic carbocycles. The third kappa shape index (κ3) is 7.10. The zero-order chi connectivity index (χ0) is 7.82. The molecule has 0 aliphatic heterocycles. The maximum Gasteiger partial charge on any atom is 0.337 e. The molecule has 0 aliphatic rings. The van der Waals surface area contributed by atoms with Gasteiger partial charge in [-0.3, -0.25) is 0 Å². The van der Waals surface area contributed by atoms with Crippen LogP contribution in [0.15, 0.2) is 4.99 Å². The van der Waals surface area contributed by atoms with Crippen molar-refractivity contribution in [2.45, 2.75) is 19.3 Å². The lowest BCUT2D eigenvalue weighted by Crippen LogP contribution is -2.03. The number of aliphatic imine (C=N–C) groups is 1. The molecule has 0 rings (SSSR count). The van der Waals surface area contributed by atoms with Gasteiger partial charge in [-0.15, -0.1) is 0 Å². The first kappa shape index (κ1) is 9.10. The molecule has 58 valence electrons. The fraction of sp³-hybridized carbons (Fsp3) is 0.667. The van der Waals surface area contributed by atoms with Crippen LogP contribution in [0.2, 0.25) is 0 Å². The zero-order valence-corrected chi connectivity index (χ0v) is 5.79. The summed E-state index contributed by atoms with van der Waals surface area (Å²) >= 11 is 0. The van der Waals surface area contributed by atoms with Crippen molar-refractivity contribution in [3.63, 3.8) is 0 Å². The molecule has 0 heterocycles. The molecule has 0 radical (unpaired) electrons. The number of unbranched alkanes of at least 4 members (excludes halogenated alkanes) is 2. The van der Waals surface area contributed by atoms with Crippen LogP contribution in [0.3, 0.4) is 0 Å². The van der Waals surface area contributed by atoms with E-state index in [9.17, 15) is 4.79 Å². The van der Waals surface area contributed by atoms with Crippen LogP contribution in [0.4, 0.5) is 4.79 Å². The number of hydrogen-bond acceptors (Lipinski definition) is 2. The Kier molecular flexibility index (Phi) is 5.66. The van der Waals surface area contributed by atoms with Crippen molar-refractivity contribution in [1.82, 2.24) is 0 Å². The minimum Gasteiger partial charge on any atom is -0.396 e. The molecule has 2 amide bonds. The van der Waals surface area contributed by atoms with Crippen LogP contribution < -0.4 is 5.73 Å². The standard InChI is InChI=1S/C6H12N2O2/c7-6(10)8-4-2-1-3-5-9/h4,9H,1-3,5H2,(H2,7,10). The summed E-state index contributed by atoms with van der Waals surface area (Å²) in [6.07, 6.45) is 3.75.